The van der Waals surface area contributed by atoms with Crippen molar-refractivity contribution in [3.05, 3.63) is 89.2 Å². The summed E-state index contributed by atoms with van der Waals surface area (Å²) in [5, 5.41) is 13.8. The van der Waals surface area contributed by atoms with Crippen LogP contribution in [0.4, 0.5) is 0 Å². The standard InChI is InChI=1S/C28H26N.C13H24O2.Ir/c1-18(2)16-20-10-7-13-25-22(20)17-24-27(29-25)21-11-5-8-19-9-6-12-23(26(19)21)28(24)14-3-4-15-28;1-5-10(6-2)12(14)9-13(15)11(7-3)8-4;/h5-10,12-13,17-18H,3-4,14-16H2,1-2H3;9-11,14H,5-8H2,1-4H3;/q-1;;/b;12-9-;. The average molecular weight is 781 g/mol. The van der Waals surface area contributed by atoms with Crippen molar-refractivity contribution in [1.29, 1.82) is 0 Å². The van der Waals surface area contributed by atoms with Crippen LogP contribution in [0, 0.1) is 23.8 Å². The molecule has 0 amide bonds. The summed E-state index contributed by atoms with van der Waals surface area (Å²) in [5.41, 5.74) is 7.99. The molecule has 3 aromatic carbocycles. The number of allylic oxidation sites excluding steroid dienone is 2. The van der Waals surface area contributed by atoms with Crippen LogP contribution < -0.4 is 0 Å². The number of benzene rings is 3. The molecule has 1 fully saturated rings. The number of rotatable bonds is 9. The zero-order valence-electron chi connectivity index (χ0n) is 28.0. The molecule has 1 saturated carbocycles. The number of carbonyl (C=O) groups excluding carboxylic acids is 1. The van der Waals surface area contributed by atoms with Crippen LogP contribution >= 0.6 is 0 Å². The Morgan fingerprint density at radius 1 is 0.933 bits per heavy atom. The number of pyridine rings is 1. The van der Waals surface area contributed by atoms with Gasteiger partial charge in [-0.15, -0.1) is 29.1 Å². The third kappa shape index (κ3) is 6.84. The number of fused-ring (bicyclic) bond motifs is 5. The molecule has 0 unspecified atom stereocenters. The van der Waals surface area contributed by atoms with Crippen LogP contribution in [0.25, 0.3) is 32.9 Å². The van der Waals surface area contributed by atoms with Gasteiger partial charge < -0.3 is 5.11 Å². The van der Waals surface area contributed by atoms with E-state index < -0.39 is 0 Å². The minimum absolute atomic E-state index is 0. The van der Waals surface area contributed by atoms with Gasteiger partial charge in [0.25, 0.3) is 0 Å². The fraction of sp³-hybridized carbons (Fsp3) is 0.463. The summed E-state index contributed by atoms with van der Waals surface area (Å²) in [4.78, 5) is 17.0. The minimum atomic E-state index is 0. The second-order valence-corrected chi connectivity index (χ2v) is 13.4. The summed E-state index contributed by atoms with van der Waals surface area (Å²) in [7, 11) is 0. The van der Waals surface area contributed by atoms with Gasteiger partial charge in [-0.1, -0.05) is 107 Å². The number of hydrogen-bond donors (Lipinski definition) is 1. The molecule has 3 nitrogen and oxygen atoms in total. The van der Waals surface area contributed by atoms with E-state index in [4.69, 9.17) is 4.98 Å². The van der Waals surface area contributed by atoms with Crippen LogP contribution in [0.15, 0.2) is 66.4 Å². The topological polar surface area (TPSA) is 50.2 Å². The summed E-state index contributed by atoms with van der Waals surface area (Å²) in [6.07, 6.45) is 11.1. The van der Waals surface area contributed by atoms with E-state index in [1.807, 2.05) is 27.7 Å². The zero-order chi connectivity index (χ0) is 31.4. The fourth-order valence-corrected chi connectivity index (χ4v) is 7.73. The van der Waals surface area contributed by atoms with Crippen molar-refractivity contribution < 1.29 is 30.0 Å². The third-order valence-corrected chi connectivity index (χ3v) is 10.2. The number of nitrogens with zero attached hydrogens (tertiary/aromatic N) is 1. The summed E-state index contributed by atoms with van der Waals surface area (Å²) in [6.45, 7) is 12.7. The first-order chi connectivity index (χ1) is 21.3. The van der Waals surface area contributed by atoms with Gasteiger partial charge in [0.2, 0.25) is 0 Å². The Labute approximate surface area is 284 Å². The molecule has 1 aromatic heterocycles. The summed E-state index contributed by atoms with van der Waals surface area (Å²) >= 11 is 0. The van der Waals surface area contributed by atoms with Gasteiger partial charge in [0, 0.05) is 48.8 Å². The summed E-state index contributed by atoms with van der Waals surface area (Å²) < 4.78 is 0. The molecule has 2 aliphatic rings. The van der Waals surface area contributed by atoms with Crippen LogP contribution in [0.1, 0.15) is 110 Å². The van der Waals surface area contributed by atoms with E-state index in [-0.39, 0.29) is 48.9 Å². The van der Waals surface area contributed by atoms with Gasteiger partial charge in [-0.05, 0) is 68.2 Å². The molecule has 1 radical (unpaired) electrons. The van der Waals surface area contributed by atoms with Gasteiger partial charge in [-0.25, -0.2) is 0 Å². The van der Waals surface area contributed by atoms with Crippen molar-refractivity contribution in [1.82, 2.24) is 4.98 Å². The van der Waals surface area contributed by atoms with E-state index in [0.717, 1.165) is 37.6 Å². The van der Waals surface area contributed by atoms with E-state index in [1.54, 1.807) is 0 Å². The molecule has 2 aliphatic carbocycles. The first-order valence-electron chi connectivity index (χ1n) is 17.1. The van der Waals surface area contributed by atoms with Crippen molar-refractivity contribution in [2.24, 2.45) is 17.8 Å². The normalized spacial score (nSPS) is 15.0. The molecule has 0 aliphatic heterocycles. The first kappa shape index (κ1) is 35.1. The summed E-state index contributed by atoms with van der Waals surface area (Å²) in [6, 6.07) is 23.8. The SMILES string of the molecule is CC(C)Cc1cccc2nc3c(cc12)C1(CCCC1)c1cccc2cc[c-]c-3c12.CCC(CC)C(=O)/C=C(\O)C(CC)CC.[Ir]. The smallest absolute Gasteiger partial charge is 0.162 e. The molecule has 4 heteroatoms. The van der Waals surface area contributed by atoms with E-state index >= 15 is 0 Å². The second-order valence-electron chi connectivity index (χ2n) is 13.4. The molecule has 0 atom stereocenters. The van der Waals surface area contributed by atoms with Gasteiger partial charge >= 0.3 is 0 Å². The van der Waals surface area contributed by atoms with Crippen molar-refractivity contribution in [2.75, 3.05) is 0 Å². The third-order valence-electron chi connectivity index (χ3n) is 10.2. The van der Waals surface area contributed by atoms with Crippen LogP contribution in [-0.4, -0.2) is 15.9 Å². The van der Waals surface area contributed by atoms with Crippen molar-refractivity contribution in [3.63, 3.8) is 0 Å². The Kier molecular flexibility index (Phi) is 11.8. The Bertz CT molecular complexity index is 1650. The van der Waals surface area contributed by atoms with Crippen LogP contribution in [0.2, 0.25) is 0 Å². The van der Waals surface area contributed by atoms with E-state index in [0.29, 0.717) is 5.92 Å². The Morgan fingerprint density at radius 2 is 1.60 bits per heavy atom. The number of hydrogen-bond acceptors (Lipinski definition) is 3. The maximum Gasteiger partial charge on any atom is 0.162 e. The number of aliphatic hydroxyl groups excluding tert-OH is 1. The molecular formula is C41H50IrNO2-. The van der Waals surface area contributed by atoms with E-state index in [2.05, 4.69) is 74.5 Å². The zero-order valence-corrected chi connectivity index (χ0v) is 30.4. The number of carbonyl (C=O) groups is 1. The Balaban J connectivity index is 0.000000249. The maximum absolute atomic E-state index is 11.7. The second kappa shape index (κ2) is 15.2. The minimum Gasteiger partial charge on any atom is -0.512 e. The Hall–Kier alpha value is -2.81. The largest absolute Gasteiger partial charge is 0.512 e. The fourth-order valence-electron chi connectivity index (χ4n) is 7.73. The molecule has 1 heterocycles. The predicted molar refractivity (Wildman–Crippen MR) is 185 cm³/mol. The van der Waals surface area contributed by atoms with Crippen LogP contribution in [0.3, 0.4) is 0 Å². The van der Waals surface area contributed by atoms with Gasteiger partial charge in [-0.2, -0.15) is 0 Å². The Morgan fingerprint density at radius 3 is 2.24 bits per heavy atom. The quantitative estimate of drug-likeness (QED) is 0.105. The van der Waals surface area contributed by atoms with Crippen LogP contribution in [0.5, 0.6) is 0 Å². The van der Waals surface area contributed by atoms with E-state index in [1.165, 1.54) is 75.9 Å². The van der Waals surface area contributed by atoms with Crippen LogP contribution in [-0.2, 0) is 36.7 Å². The molecule has 241 valence electrons. The van der Waals surface area contributed by atoms with Crippen molar-refractivity contribution >= 4 is 27.5 Å². The van der Waals surface area contributed by atoms with Gasteiger partial charge in [-0.3, -0.25) is 9.78 Å². The molecular weight excluding hydrogens is 731 g/mol. The number of aromatic nitrogens is 1. The maximum atomic E-state index is 11.7. The molecule has 0 saturated heterocycles. The van der Waals surface area contributed by atoms with Crippen molar-refractivity contribution in [2.45, 2.75) is 105 Å². The molecule has 45 heavy (non-hydrogen) atoms. The van der Waals surface area contributed by atoms with Gasteiger partial charge in [0.1, 0.15) is 0 Å². The number of ketones is 1. The predicted octanol–water partition coefficient (Wildman–Crippen LogP) is 11.1. The monoisotopic (exact) mass is 781 g/mol. The molecule has 6 rings (SSSR count). The average Bonchev–Trinajstić information content (AvgIpc) is 3.51. The van der Waals surface area contributed by atoms with Crippen molar-refractivity contribution in [3.8, 4) is 11.3 Å². The summed E-state index contributed by atoms with van der Waals surface area (Å²) in [5.74, 6) is 1.19. The first-order valence-corrected chi connectivity index (χ1v) is 17.1. The number of aliphatic hydroxyl groups is 1. The molecule has 1 spiro atoms. The van der Waals surface area contributed by atoms with Gasteiger partial charge in [0.15, 0.2) is 5.78 Å². The van der Waals surface area contributed by atoms with E-state index in [9.17, 15) is 9.90 Å². The molecule has 0 bridgehead atoms. The molecule has 4 aromatic rings. The molecule has 1 N–H and O–H groups in total. The van der Waals surface area contributed by atoms with Gasteiger partial charge in [0.05, 0.1) is 11.3 Å².